The molecule has 2 aromatic rings. The maximum Gasteiger partial charge on any atom is 0.253 e. The molecule has 1 aromatic heterocycles. The van der Waals surface area contributed by atoms with Gasteiger partial charge in [0.2, 0.25) is 0 Å². The van der Waals surface area contributed by atoms with E-state index in [1.54, 1.807) is 41.6 Å². The second-order valence-corrected chi connectivity index (χ2v) is 7.02. The van der Waals surface area contributed by atoms with Gasteiger partial charge in [-0.05, 0) is 29.8 Å². The molecule has 2 amide bonds. The molecule has 1 spiro atoms. The lowest BCUT2D eigenvalue weighted by molar-refractivity contribution is -0.181. The minimum atomic E-state index is -0.509. The number of piperidine rings is 1. The Morgan fingerprint density at radius 3 is 2.54 bits per heavy atom. The summed E-state index contributed by atoms with van der Waals surface area (Å²) in [7, 11) is 0. The number of carbonyl (C=O) groups excluding carboxylic acids is 2. The van der Waals surface area contributed by atoms with Crippen molar-refractivity contribution in [2.45, 2.75) is 25.2 Å². The normalized spacial score (nSPS) is 18.2. The fraction of sp³-hybridized carbons (Fsp3) is 0.381. The zero-order valence-electron chi connectivity index (χ0n) is 15.6. The second kappa shape index (κ2) is 8.08. The van der Waals surface area contributed by atoms with Gasteiger partial charge >= 0.3 is 0 Å². The predicted molar refractivity (Wildman–Crippen MR) is 102 cm³/mol. The third-order valence-electron chi connectivity index (χ3n) is 5.17. The molecule has 4 rings (SSSR count). The van der Waals surface area contributed by atoms with Crippen molar-refractivity contribution in [2.75, 3.05) is 26.3 Å². The van der Waals surface area contributed by atoms with Crippen LogP contribution in [0.25, 0.3) is 0 Å². The van der Waals surface area contributed by atoms with Crippen LogP contribution in [0.5, 0.6) is 0 Å². The highest BCUT2D eigenvalue weighted by Crippen LogP contribution is 2.31. The van der Waals surface area contributed by atoms with E-state index in [2.05, 4.69) is 10.3 Å². The first kappa shape index (κ1) is 18.6. The molecule has 2 aliphatic heterocycles. The molecule has 2 aliphatic rings. The number of carbonyl (C=O) groups is 2. The first-order chi connectivity index (χ1) is 13.7. The van der Waals surface area contributed by atoms with E-state index in [0.29, 0.717) is 56.8 Å². The summed E-state index contributed by atoms with van der Waals surface area (Å²) in [6.07, 6.45) is 4.74. The first-order valence-corrected chi connectivity index (χ1v) is 9.50. The van der Waals surface area contributed by atoms with Gasteiger partial charge in [0.25, 0.3) is 11.8 Å². The molecule has 1 N–H and O–H groups in total. The Bertz CT molecular complexity index is 840. The quantitative estimate of drug-likeness (QED) is 0.876. The standard InChI is InChI=1S/C21H23N3O4/c25-19(23-15-16-3-2-8-22-14-16)17-4-1-5-18(13-17)20(26)24-9-6-21(7-10-24)27-11-12-28-21/h1-5,8,13-14H,6-7,9-12,15H2,(H,23,25). The van der Waals surface area contributed by atoms with Crippen molar-refractivity contribution in [3.8, 4) is 0 Å². The molecule has 0 saturated carbocycles. The molecule has 146 valence electrons. The van der Waals surface area contributed by atoms with E-state index < -0.39 is 5.79 Å². The molecule has 0 aliphatic carbocycles. The molecule has 2 fully saturated rings. The Balaban J connectivity index is 1.37. The molecule has 0 atom stereocenters. The van der Waals surface area contributed by atoms with Crippen LogP contribution in [0.15, 0.2) is 48.8 Å². The van der Waals surface area contributed by atoms with Gasteiger partial charge in [-0.2, -0.15) is 0 Å². The molecular weight excluding hydrogens is 358 g/mol. The summed E-state index contributed by atoms with van der Waals surface area (Å²) in [5.74, 6) is -0.802. The van der Waals surface area contributed by atoms with E-state index >= 15 is 0 Å². The number of ether oxygens (including phenoxy) is 2. The third kappa shape index (κ3) is 4.05. The number of aromatic nitrogens is 1. The van der Waals surface area contributed by atoms with E-state index in [1.807, 2.05) is 12.1 Å². The van der Waals surface area contributed by atoms with Crippen LogP contribution in [0.2, 0.25) is 0 Å². The fourth-order valence-corrected chi connectivity index (χ4v) is 3.60. The van der Waals surface area contributed by atoms with Gasteiger partial charge in [-0.3, -0.25) is 14.6 Å². The van der Waals surface area contributed by atoms with Gasteiger partial charge in [0.15, 0.2) is 5.79 Å². The van der Waals surface area contributed by atoms with Crippen molar-refractivity contribution >= 4 is 11.8 Å². The van der Waals surface area contributed by atoms with Crippen molar-refractivity contribution < 1.29 is 19.1 Å². The van der Waals surface area contributed by atoms with Crippen molar-refractivity contribution in [3.63, 3.8) is 0 Å². The lowest BCUT2D eigenvalue weighted by Crippen LogP contribution is -2.47. The number of pyridine rings is 1. The van der Waals surface area contributed by atoms with Crippen LogP contribution in [-0.2, 0) is 16.0 Å². The van der Waals surface area contributed by atoms with Crippen LogP contribution < -0.4 is 5.32 Å². The lowest BCUT2D eigenvalue weighted by atomic mass is 10.0. The first-order valence-electron chi connectivity index (χ1n) is 9.50. The van der Waals surface area contributed by atoms with Gasteiger partial charge in [0.1, 0.15) is 0 Å². The van der Waals surface area contributed by atoms with Crippen LogP contribution in [0.4, 0.5) is 0 Å². The molecule has 7 nitrogen and oxygen atoms in total. The number of likely N-dealkylation sites (tertiary alicyclic amines) is 1. The summed E-state index contributed by atoms with van der Waals surface area (Å²) in [6, 6.07) is 10.6. The summed E-state index contributed by atoms with van der Waals surface area (Å²) in [5.41, 5.74) is 1.89. The largest absolute Gasteiger partial charge is 0.348 e. The average Bonchev–Trinajstić information content (AvgIpc) is 3.21. The van der Waals surface area contributed by atoms with Crippen LogP contribution >= 0.6 is 0 Å². The van der Waals surface area contributed by atoms with Crippen LogP contribution in [0.3, 0.4) is 0 Å². The minimum Gasteiger partial charge on any atom is -0.348 e. The second-order valence-electron chi connectivity index (χ2n) is 7.02. The monoisotopic (exact) mass is 381 g/mol. The summed E-state index contributed by atoms with van der Waals surface area (Å²) < 4.78 is 11.4. The summed E-state index contributed by atoms with van der Waals surface area (Å²) in [4.78, 5) is 31.1. The van der Waals surface area contributed by atoms with Gasteiger partial charge < -0.3 is 19.7 Å². The van der Waals surface area contributed by atoms with Gasteiger partial charge in [0.05, 0.1) is 13.2 Å². The molecule has 0 unspecified atom stereocenters. The molecule has 7 heteroatoms. The van der Waals surface area contributed by atoms with Gasteiger partial charge in [0, 0.05) is 56.0 Å². The Labute approximate surface area is 163 Å². The average molecular weight is 381 g/mol. The highest BCUT2D eigenvalue weighted by atomic mass is 16.7. The molecule has 3 heterocycles. The van der Waals surface area contributed by atoms with E-state index in [0.717, 1.165) is 5.56 Å². The van der Waals surface area contributed by atoms with E-state index in [4.69, 9.17) is 9.47 Å². The van der Waals surface area contributed by atoms with Gasteiger partial charge in [-0.15, -0.1) is 0 Å². The highest BCUT2D eigenvalue weighted by molar-refractivity contribution is 5.99. The lowest BCUT2D eigenvalue weighted by Gasteiger charge is -2.37. The SMILES string of the molecule is O=C(NCc1cccnc1)c1cccc(C(=O)N2CCC3(CC2)OCCO3)c1. The highest BCUT2D eigenvalue weighted by Gasteiger charge is 2.40. The smallest absolute Gasteiger partial charge is 0.253 e. The molecular formula is C21H23N3O4. The maximum absolute atomic E-state index is 12.9. The summed E-state index contributed by atoms with van der Waals surface area (Å²) in [6.45, 7) is 2.78. The van der Waals surface area contributed by atoms with Gasteiger partial charge in [-0.25, -0.2) is 0 Å². The number of benzene rings is 1. The predicted octanol–water partition coefficient (Wildman–Crippen LogP) is 1.99. The number of amides is 2. The molecule has 0 bridgehead atoms. The van der Waals surface area contributed by atoms with Crippen LogP contribution in [-0.4, -0.2) is 53.8 Å². The minimum absolute atomic E-state index is 0.0743. The van der Waals surface area contributed by atoms with Gasteiger partial charge in [-0.1, -0.05) is 12.1 Å². The summed E-state index contributed by atoms with van der Waals surface area (Å²) in [5, 5.41) is 2.86. The number of nitrogens with one attached hydrogen (secondary N) is 1. The van der Waals surface area contributed by atoms with Crippen molar-refractivity contribution in [2.24, 2.45) is 0 Å². The van der Waals surface area contributed by atoms with Crippen molar-refractivity contribution in [1.82, 2.24) is 15.2 Å². The third-order valence-corrected chi connectivity index (χ3v) is 5.17. The Morgan fingerprint density at radius 2 is 1.82 bits per heavy atom. The fourth-order valence-electron chi connectivity index (χ4n) is 3.60. The molecule has 1 aromatic carbocycles. The number of nitrogens with zero attached hydrogens (tertiary/aromatic N) is 2. The Morgan fingerprint density at radius 1 is 1.07 bits per heavy atom. The topological polar surface area (TPSA) is 80.8 Å². The molecule has 0 radical (unpaired) electrons. The van der Waals surface area contributed by atoms with Crippen LogP contribution in [0.1, 0.15) is 39.1 Å². The molecule has 2 saturated heterocycles. The van der Waals surface area contributed by atoms with E-state index in [9.17, 15) is 9.59 Å². The summed E-state index contributed by atoms with van der Waals surface area (Å²) >= 11 is 0. The van der Waals surface area contributed by atoms with Crippen LogP contribution in [0, 0.1) is 0 Å². The molecule has 28 heavy (non-hydrogen) atoms. The number of hydrogen-bond donors (Lipinski definition) is 1. The zero-order chi connectivity index (χ0) is 19.4. The van der Waals surface area contributed by atoms with Crippen molar-refractivity contribution in [3.05, 3.63) is 65.5 Å². The Hall–Kier alpha value is -2.77. The van der Waals surface area contributed by atoms with E-state index in [1.165, 1.54) is 0 Å². The Kier molecular flexibility index (Phi) is 5.36. The number of hydrogen-bond acceptors (Lipinski definition) is 5. The maximum atomic E-state index is 12.9. The number of rotatable bonds is 4. The van der Waals surface area contributed by atoms with E-state index in [-0.39, 0.29) is 11.8 Å². The van der Waals surface area contributed by atoms with Crippen molar-refractivity contribution in [1.29, 1.82) is 0 Å². The zero-order valence-corrected chi connectivity index (χ0v) is 15.6.